The van der Waals surface area contributed by atoms with Crippen molar-refractivity contribution in [1.29, 1.82) is 0 Å². The Morgan fingerprint density at radius 1 is 1.21 bits per heavy atom. The lowest BCUT2D eigenvalue weighted by molar-refractivity contribution is -0.134. The molecule has 3 atom stereocenters. The second-order valence-electron chi connectivity index (χ2n) is 8.01. The highest BCUT2D eigenvalue weighted by Gasteiger charge is 2.29. The summed E-state index contributed by atoms with van der Waals surface area (Å²) in [5.41, 5.74) is 0.787. The van der Waals surface area contributed by atoms with Gasteiger partial charge in [0.05, 0.1) is 11.8 Å². The zero-order chi connectivity index (χ0) is 21.1. The lowest BCUT2D eigenvalue weighted by Gasteiger charge is -2.39. The molecule has 1 aliphatic rings. The van der Waals surface area contributed by atoms with Gasteiger partial charge in [0.2, 0.25) is 5.91 Å². The topological polar surface area (TPSA) is 54.3 Å². The van der Waals surface area contributed by atoms with Crippen molar-refractivity contribution in [3.8, 4) is 5.69 Å². The Hall–Kier alpha value is -1.93. The van der Waals surface area contributed by atoms with Gasteiger partial charge >= 0.3 is 0 Å². The third-order valence-corrected chi connectivity index (χ3v) is 6.61. The molecule has 6 nitrogen and oxygen atoms in total. The van der Waals surface area contributed by atoms with Crippen LogP contribution in [-0.4, -0.2) is 62.4 Å². The van der Waals surface area contributed by atoms with Crippen molar-refractivity contribution in [3.63, 3.8) is 0 Å². The quantitative estimate of drug-likeness (QED) is 0.665. The van der Waals surface area contributed by atoms with Gasteiger partial charge < -0.3 is 4.90 Å². The van der Waals surface area contributed by atoms with Crippen LogP contribution in [0.15, 0.2) is 29.4 Å². The zero-order valence-corrected chi connectivity index (χ0v) is 18.6. The van der Waals surface area contributed by atoms with E-state index >= 15 is 0 Å². The SMILES string of the molecule is C[C@H](c1nnc(SCC(=O)N2[C@H](C)CCC[C@@H]2C)n1-c1ccc(F)cc1)N(C)C. The number of benzene rings is 1. The Labute approximate surface area is 176 Å². The number of nitrogens with zero attached hydrogens (tertiary/aromatic N) is 5. The maximum absolute atomic E-state index is 13.4. The fourth-order valence-corrected chi connectivity index (χ4v) is 4.65. The van der Waals surface area contributed by atoms with E-state index in [4.69, 9.17) is 0 Å². The summed E-state index contributed by atoms with van der Waals surface area (Å²) in [4.78, 5) is 17.0. The normalized spacial score (nSPS) is 20.9. The van der Waals surface area contributed by atoms with Crippen molar-refractivity contribution < 1.29 is 9.18 Å². The molecule has 0 aliphatic carbocycles. The van der Waals surface area contributed by atoms with E-state index in [1.807, 2.05) is 35.4 Å². The highest BCUT2D eigenvalue weighted by atomic mass is 32.2. The van der Waals surface area contributed by atoms with Crippen LogP contribution in [0.3, 0.4) is 0 Å². The fourth-order valence-electron chi connectivity index (χ4n) is 3.82. The molecular weight excluding hydrogens is 389 g/mol. The largest absolute Gasteiger partial charge is 0.337 e. The predicted molar refractivity (Wildman–Crippen MR) is 114 cm³/mol. The molecule has 158 valence electrons. The maximum Gasteiger partial charge on any atom is 0.233 e. The van der Waals surface area contributed by atoms with Crippen LogP contribution < -0.4 is 0 Å². The summed E-state index contributed by atoms with van der Waals surface area (Å²) in [6, 6.07) is 6.83. The summed E-state index contributed by atoms with van der Waals surface area (Å²) >= 11 is 1.39. The van der Waals surface area contributed by atoms with E-state index in [2.05, 4.69) is 24.0 Å². The molecular formula is C21H30FN5OS. The molecule has 1 fully saturated rings. The number of piperidine rings is 1. The number of hydrogen-bond donors (Lipinski definition) is 0. The van der Waals surface area contributed by atoms with E-state index in [0.29, 0.717) is 10.9 Å². The van der Waals surface area contributed by atoms with Gasteiger partial charge in [-0.2, -0.15) is 0 Å². The molecule has 0 unspecified atom stereocenters. The molecule has 0 N–H and O–H groups in total. The van der Waals surface area contributed by atoms with E-state index in [1.165, 1.54) is 30.3 Å². The average Bonchev–Trinajstić information content (AvgIpc) is 3.10. The molecule has 1 saturated heterocycles. The second kappa shape index (κ2) is 9.26. The first kappa shape index (κ1) is 21.8. The monoisotopic (exact) mass is 419 g/mol. The van der Waals surface area contributed by atoms with E-state index in [0.717, 1.165) is 24.4 Å². The summed E-state index contributed by atoms with van der Waals surface area (Å²) < 4.78 is 15.4. The number of amides is 1. The van der Waals surface area contributed by atoms with Crippen LogP contribution in [0.5, 0.6) is 0 Å². The molecule has 3 rings (SSSR count). The van der Waals surface area contributed by atoms with E-state index < -0.39 is 0 Å². The molecule has 1 aliphatic heterocycles. The highest BCUT2D eigenvalue weighted by Crippen LogP contribution is 2.29. The number of carbonyl (C=O) groups is 1. The van der Waals surface area contributed by atoms with Crippen LogP contribution in [0, 0.1) is 5.82 Å². The summed E-state index contributed by atoms with van der Waals surface area (Å²) in [7, 11) is 3.95. The van der Waals surface area contributed by atoms with Crippen molar-refractivity contribution in [2.24, 2.45) is 0 Å². The first-order chi connectivity index (χ1) is 13.8. The minimum Gasteiger partial charge on any atom is -0.337 e. The number of halogens is 1. The third kappa shape index (κ3) is 4.80. The Morgan fingerprint density at radius 3 is 2.41 bits per heavy atom. The van der Waals surface area contributed by atoms with Gasteiger partial charge in [0.1, 0.15) is 5.82 Å². The minimum absolute atomic E-state index is 0.0137. The van der Waals surface area contributed by atoms with Crippen molar-refractivity contribution >= 4 is 17.7 Å². The Morgan fingerprint density at radius 2 is 1.83 bits per heavy atom. The predicted octanol–water partition coefficient (Wildman–Crippen LogP) is 3.91. The Balaban J connectivity index is 1.85. The fraction of sp³-hybridized carbons (Fsp3) is 0.571. The second-order valence-corrected chi connectivity index (χ2v) is 8.95. The average molecular weight is 420 g/mol. The first-order valence-electron chi connectivity index (χ1n) is 10.1. The highest BCUT2D eigenvalue weighted by molar-refractivity contribution is 7.99. The molecule has 0 bridgehead atoms. The third-order valence-electron chi connectivity index (χ3n) is 5.70. The van der Waals surface area contributed by atoms with E-state index in [-0.39, 0.29) is 29.8 Å². The van der Waals surface area contributed by atoms with Gasteiger partial charge in [0, 0.05) is 17.8 Å². The summed E-state index contributed by atoms with van der Waals surface area (Å²) in [6.45, 7) is 6.28. The van der Waals surface area contributed by atoms with Crippen molar-refractivity contribution in [2.45, 2.75) is 63.3 Å². The number of rotatable bonds is 6. The molecule has 1 aromatic heterocycles. The van der Waals surface area contributed by atoms with Gasteiger partial charge in [-0.3, -0.25) is 14.3 Å². The standard InChI is InChI=1S/C21H30FN5OS/c1-14-7-6-8-15(2)26(14)19(28)13-29-21-24-23-20(16(3)25(4)5)27(21)18-11-9-17(22)10-12-18/h9-12,14-16H,6-8,13H2,1-5H3/t14-,15+,16-/m1/s1. The molecule has 1 aromatic carbocycles. The smallest absolute Gasteiger partial charge is 0.233 e. The molecule has 0 radical (unpaired) electrons. The molecule has 2 heterocycles. The van der Waals surface area contributed by atoms with Crippen LogP contribution in [0.2, 0.25) is 0 Å². The van der Waals surface area contributed by atoms with Crippen molar-refractivity contribution in [3.05, 3.63) is 35.9 Å². The van der Waals surface area contributed by atoms with Crippen LogP contribution in [-0.2, 0) is 4.79 Å². The number of hydrogen-bond acceptors (Lipinski definition) is 5. The molecule has 2 aromatic rings. The van der Waals surface area contributed by atoms with Gasteiger partial charge in [0.15, 0.2) is 11.0 Å². The number of carbonyl (C=O) groups excluding carboxylic acids is 1. The lowest BCUT2D eigenvalue weighted by atomic mass is 9.98. The van der Waals surface area contributed by atoms with Crippen LogP contribution in [0.25, 0.3) is 5.69 Å². The van der Waals surface area contributed by atoms with Crippen molar-refractivity contribution in [2.75, 3.05) is 19.8 Å². The van der Waals surface area contributed by atoms with Crippen LogP contribution in [0.4, 0.5) is 4.39 Å². The van der Waals surface area contributed by atoms with Gasteiger partial charge in [-0.05, 0) is 78.4 Å². The van der Waals surface area contributed by atoms with Crippen molar-refractivity contribution in [1.82, 2.24) is 24.6 Å². The lowest BCUT2D eigenvalue weighted by Crippen LogP contribution is -2.48. The van der Waals surface area contributed by atoms with Gasteiger partial charge in [-0.1, -0.05) is 11.8 Å². The maximum atomic E-state index is 13.4. The van der Waals surface area contributed by atoms with Crippen LogP contribution in [0.1, 0.15) is 51.9 Å². The number of aromatic nitrogens is 3. The summed E-state index contributed by atoms with van der Waals surface area (Å²) in [5.74, 6) is 0.910. The molecule has 1 amide bonds. The number of thioether (sulfide) groups is 1. The minimum atomic E-state index is -0.290. The zero-order valence-electron chi connectivity index (χ0n) is 17.8. The van der Waals surface area contributed by atoms with E-state index in [9.17, 15) is 9.18 Å². The molecule has 29 heavy (non-hydrogen) atoms. The summed E-state index contributed by atoms with van der Waals surface area (Å²) in [6.07, 6.45) is 3.28. The Kier molecular flexibility index (Phi) is 6.95. The first-order valence-corrected chi connectivity index (χ1v) is 11.1. The van der Waals surface area contributed by atoms with Gasteiger partial charge in [-0.25, -0.2) is 4.39 Å². The van der Waals surface area contributed by atoms with Crippen LogP contribution >= 0.6 is 11.8 Å². The van der Waals surface area contributed by atoms with Gasteiger partial charge in [-0.15, -0.1) is 10.2 Å². The van der Waals surface area contributed by atoms with Gasteiger partial charge in [0.25, 0.3) is 0 Å². The van der Waals surface area contributed by atoms with E-state index in [1.54, 1.807) is 12.1 Å². The molecule has 0 spiro atoms. The Bertz CT molecular complexity index is 828. The molecule has 8 heteroatoms. The summed E-state index contributed by atoms with van der Waals surface area (Å²) in [5, 5.41) is 9.39. The molecule has 0 saturated carbocycles. The number of likely N-dealkylation sites (tertiary alicyclic amines) is 1.